The Kier molecular flexibility index (Phi) is 7.49. The fourth-order valence-corrected chi connectivity index (χ4v) is 3.09. The van der Waals surface area contributed by atoms with Crippen LogP contribution in [-0.2, 0) is 4.74 Å². The van der Waals surface area contributed by atoms with Gasteiger partial charge in [-0.3, -0.25) is 5.43 Å². The minimum Gasteiger partial charge on any atom is -0.383 e. The zero-order valence-corrected chi connectivity index (χ0v) is 14.9. The molecule has 1 aromatic rings. The number of hydrazone groups is 1. The van der Waals surface area contributed by atoms with Gasteiger partial charge in [-0.1, -0.05) is 43.5 Å². The summed E-state index contributed by atoms with van der Waals surface area (Å²) in [6, 6.07) is 8.82. The van der Waals surface area contributed by atoms with Gasteiger partial charge in [-0.2, -0.15) is 5.10 Å². The Labute approximate surface area is 144 Å². The molecule has 0 bridgehead atoms. The second-order valence-corrected chi connectivity index (χ2v) is 6.42. The highest BCUT2D eigenvalue weighted by atomic mass is 32.1. The number of rotatable bonds is 6. The molecule has 0 heterocycles. The zero-order chi connectivity index (χ0) is 16.5. The zero-order valence-electron chi connectivity index (χ0n) is 14.1. The average Bonchev–Trinajstić information content (AvgIpc) is 2.61. The average molecular weight is 334 g/mol. The van der Waals surface area contributed by atoms with Gasteiger partial charge >= 0.3 is 0 Å². The van der Waals surface area contributed by atoms with Gasteiger partial charge < -0.3 is 10.1 Å². The van der Waals surface area contributed by atoms with E-state index in [1.807, 2.05) is 6.92 Å². The van der Waals surface area contributed by atoms with Gasteiger partial charge in [0.2, 0.25) is 0 Å². The number of thiocarbonyl (C=S) groups is 1. The summed E-state index contributed by atoms with van der Waals surface area (Å²) < 4.78 is 4.96. The van der Waals surface area contributed by atoms with Gasteiger partial charge in [-0.05, 0) is 49.0 Å². The lowest BCUT2D eigenvalue weighted by molar-refractivity contribution is 0.204. The first-order chi connectivity index (χ1) is 11.2. The predicted octanol–water partition coefficient (Wildman–Crippen LogP) is 3.57. The van der Waals surface area contributed by atoms with Crippen molar-refractivity contribution in [3.8, 4) is 0 Å². The third kappa shape index (κ3) is 5.92. The SMILES string of the molecule is COCCNC(=S)N/N=C(\C)c1ccc(C2CCCCC2)cc1. The van der Waals surface area contributed by atoms with Crippen molar-refractivity contribution in [1.82, 2.24) is 10.7 Å². The van der Waals surface area contributed by atoms with Crippen LogP contribution in [0.1, 0.15) is 56.1 Å². The third-order valence-electron chi connectivity index (χ3n) is 4.32. The molecule has 4 nitrogen and oxygen atoms in total. The molecule has 0 aliphatic heterocycles. The molecule has 1 aliphatic carbocycles. The molecule has 0 aromatic heterocycles. The summed E-state index contributed by atoms with van der Waals surface area (Å²) >= 11 is 5.16. The maximum absolute atomic E-state index is 5.16. The smallest absolute Gasteiger partial charge is 0.187 e. The number of hydrogen-bond acceptors (Lipinski definition) is 3. The van der Waals surface area contributed by atoms with Crippen molar-refractivity contribution in [2.75, 3.05) is 20.3 Å². The monoisotopic (exact) mass is 333 g/mol. The van der Waals surface area contributed by atoms with Gasteiger partial charge in [0.25, 0.3) is 0 Å². The maximum Gasteiger partial charge on any atom is 0.187 e. The normalized spacial score (nSPS) is 16.2. The van der Waals surface area contributed by atoms with Crippen LogP contribution in [0.15, 0.2) is 29.4 Å². The second kappa shape index (κ2) is 9.63. The first-order valence-electron chi connectivity index (χ1n) is 8.38. The van der Waals surface area contributed by atoms with E-state index in [4.69, 9.17) is 17.0 Å². The lowest BCUT2D eigenvalue weighted by Crippen LogP contribution is -2.34. The Morgan fingerprint density at radius 2 is 1.91 bits per heavy atom. The molecule has 1 aromatic carbocycles. The molecule has 1 fully saturated rings. The Bertz CT molecular complexity index is 522. The first-order valence-corrected chi connectivity index (χ1v) is 8.79. The van der Waals surface area contributed by atoms with Crippen molar-refractivity contribution in [2.45, 2.75) is 44.9 Å². The molecule has 0 unspecified atom stereocenters. The summed E-state index contributed by atoms with van der Waals surface area (Å²) in [6.07, 6.45) is 6.78. The highest BCUT2D eigenvalue weighted by molar-refractivity contribution is 7.80. The van der Waals surface area contributed by atoms with Crippen molar-refractivity contribution < 1.29 is 4.74 Å². The number of nitrogens with zero attached hydrogens (tertiary/aromatic N) is 1. The molecular formula is C18H27N3OS. The van der Waals surface area contributed by atoms with Crippen molar-refractivity contribution in [3.63, 3.8) is 0 Å². The van der Waals surface area contributed by atoms with Crippen molar-refractivity contribution in [1.29, 1.82) is 0 Å². The molecular weight excluding hydrogens is 306 g/mol. The lowest BCUT2D eigenvalue weighted by Gasteiger charge is -2.22. The molecule has 2 N–H and O–H groups in total. The van der Waals surface area contributed by atoms with Gasteiger partial charge in [0.1, 0.15) is 0 Å². The fraction of sp³-hybridized carbons (Fsp3) is 0.556. The Balaban J connectivity index is 1.87. The lowest BCUT2D eigenvalue weighted by atomic mass is 9.84. The summed E-state index contributed by atoms with van der Waals surface area (Å²) in [5, 5.41) is 7.88. The summed E-state index contributed by atoms with van der Waals surface area (Å²) in [5.74, 6) is 0.741. The topological polar surface area (TPSA) is 45.6 Å². The molecule has 0 atom stereocenters. The van der Waals surface area contributed by atoms with Crippen LogP contribution in [0.3, 0.4) is 0 Å². The van der Waals surface area contributed by atoms with Crippen LogP contribution in [0, 0.1) is 0 Å². The van der Waals surface area contributed by atoms with Crippen LogP contribution in [0.25, 0.3) is 0 Å². The number of hydrogen-bond donors (Lipinski definition) is 2. The highest BCUT2D eigenvalue weighted by Gasteiger charge is 2.15. The Morgan fingerprint density at radius 1 is 1.22 bits per heavy atom. The Hall–Kier alpha value is -1.46. The predicted molar refractivity (Wildman–Crippen MR) is 100 cm³/mol. The molecule has 0 amide bonds. The van der Waals surface area contributed by atoms with Crippen molar-refractivity contribution in [3.05, 3.63) is 35.4 Å². The molecule has 1 aliphatic rings. The Morgan fingerprint density at radius 3 is 2.57 bits per heavy atom. The maximum atomic E-state index is 5.16. The van der Waals surface area contributed by atoms with Gasteiger partial charge in [-0.15, -0.1) is 0 Å². The van der Waals surface area contributed by atoms with Gasteiger partial charge in [0.05, 0.1) is 12.3 Å². The summed E-state index contributed by atoms with van der Waals surface area (Å²) in [5.41, 5.74) is 6.38. The van der Waals surface area contributed by atoms with E-state index in [1.165, 1.54) is 37.7 Å². The molecule has 23 heavy (non-hydrogen) atoms. The van der Waals surface area contributed by atoms with Crippen LogP contribution in [0.2, 0.25) is 0 Å². The van der Waals surface area contributed by atoms with E-state index < -0.39 is 0 Å². The summed E-state index contributed by atoms with van der Waals surface area (Å²) in [4.78, 5) is 0. The van der Waals surface area contributed by atoms with Crippen LogP contribution in [0.5, 0.6) is 0 Å². The van der Waals surface area contributed by atoms with Crippen LogP contribution in [-0.4, -0.2) is 31.1 Å². The molecule has 0 radical (unpaired) electrons. The van der Waals surface area contributed by atoms with Gasteiger partial charge in [0, 0.05) is 13.7 Å². The molecule has 5 heteroatoms. The quantitative estimate of drug-likeness (QED) is 0.362. The van der Waals surface area contributed by atoms with E-state index in [0.717, 1.165) is 17.2 Å². The largest absolute Gasteiger partial charge is 0.383 e. The second-order valence-electron chi connectivity index (χ2n) is 6.01. The van der Waals surface area contributed by atoms with E-state index in [9.17, 15) is 0 Å². The molecule has 2 rings (SSSR count). The van der Waals surface area contributed by atoms with Gasteiger partial charge in [0.15, 0.2) is 5.11 Å². The molecule has 126 valence electrons. The fourth-order valence-electron chi connectivity index (χ4n) is 2.94. The molecule has 1 saturated carbocycles. The molecule has 0 saturated heterocycles. The van der Waals surface area contributed by atoms with E-state index in [1.54, 1.807) is 7.11 Å². The molecule has 0 spiro atoms. The summed E-state index contributed by atoms with van der Waals surface area (Å²) in [7, 11) is 1.66. The number of nitrogens with one attached hydrogen (secondary N) is 2. The standard InChI is InChI=1S/C18H27N3OS/c1-14(20-21-18(23)19-12-13-22-2)15-8-10-17(11-9-15)16-6-4-3-5-7-16/h8-11,16H,3-7,12-13H2,1-2H3,(H2,19,21,23)/b20-14+. The van der Waals surface area contributed by atoms with E-state index in [-0.39, 0.29) is 0 Å². The van der Waals surface area contributed by atoms with Crippen LogP contribution >= 0.6 is 12.2 Å². The van der Waals surface area contributed by atoms with E-state index in [2.05, 4.69) is 40.1 Å². The first kappa shape index (κ1) is 17.9. The number of benzene rings is 1. The summed E-state index contributed by atoms with van der Waals surface area (Å²) in [6.45, 7) is 3.28. The van der Waals surface area contributed by atoms with Crippen LogP contribution < -0.4 is 10.7 Å². The number of ether oxygens (including phenoxy) is 1. The van der Waals surface area contributed by atoms with E-state index >= 15 is 0 Å². The minimum absolute atomic E-state index is 0.514. The number of methoxy groups -OCH3 is 1. The minimum atomic E-state index is 0.514. The van der Waals surface area contributed by atoms with Crippen molar-refractivity contribution in [2.24, 2.45) is 5.10 Å². The van der Waals surface area contributed by atoms with Crippen molar-refractivity contribution >= 4 is 23.0 Å². The third-order valence-corrected chi connectivity index (χ3v) is 4.56. The highest BCUT2D eigenvalue weighted by Crippen LogP contribution is 2.32. The van der Waals surface area contributed by atoms with Crippen LogP contribution in [0.4, 0.5) is 0 Å². The van der Waals surface area contributed by atoms with E-state index in [0.29, 0.717) is 18.3 Å². The van der Waals surface area contributed by atoms with Gasteiger partial charge in [-0.25, -0.2) is 0 Å².